The van der Waals surface area contributed by atoms with Crippen molar-refractivity contribution in [1.82, 2.24) is 16.0 Å². The molecular formula is C35H52N4O6. The summed E-state index contributed by atoms with van der Waals surface area (Å²) in [6, 6.07) is 16.2. The number of aliphatic hydroxyl groups excluding tert-OH is 1. The number of carbonyl (C=O) groups is 4. The zero-order chi connectivity index (χ0) is 33.7. The molecule has 0 aromatic heterocycles. The van der Waals surface area contributed by atoms with Crippen LogP contribution in [0, 0.1) is 17.8 Å². The molecule has 2 aromatic carbocycles. The van der Waals surface area contributed by atoms with Crippen molar-refractivity contribution in [3.63, 3.8) is 0 Å². The van der Waals surface area contributed by atoms with E-state index in [1.165, 1.54) is 0 Å². The normalized spacial score (nSPS) is 15.6. The van der Waals surface area contributed by atoms with Crippen LogP contribution in [0.15, 0.2) is 60.7 Å². The van der Waals surface area contributed by atoms with Crippen molar-refractivity contribution in [3.05, 3.63) is 71.8 Å². The Hall–Kier alpha value is -3.92. The Morgan fingerprint density at radius 1 is 0.800 bits per heavy atom. The highest BCUT2D eigenvalue weighted by molar-refractivity contribution is 5.92. The third-order valence-corrected chi connectivity index (χ3v) is 7.75. The molecule has 0 saturated heterocycles. The summed E-state index contributed by atoms with van der Waals surface area (Å²) in [6.07, 6.45) is -0.580. The topological polar surface area (TPSA) is 160 Å². The first-order chi connectivity index (χ1) is 21.1. The fourth-order valence-corrected chi connectivity index (χ4v) is 5.03. The lowest BCUT2D eigenvalue weighted by atomic mass is 9.88. The molecule has 0 aliphatic rings. The van der Waals surface area contributed by atoms with E-state index in [1.807, 2.05) is 74.5 Å². The quantitative estimate of drug-likeness (QED) is 0.191. The monoisotopic (exact) mass is 624 g/mol. The van der Waals surface area contributed by atoms with E-state index in [0.717, 1.165) is 11.1 Å². The summed E-state index contributed by atoms with van der Waals surface area (Å²) in [5.74, 6) is -2.82. The standard InChI is InChI=1S/C35H52N4O6/c1-8-23(4)30(31(36)41)39-33(43)29(22(2)3)38-32(42)26(19-24-15-11-9-12-16-24)21-28(40)27(20-25-17-13-10-14-18-25)37-34(44)45-35(5,6)7/h9-18,22-23,26-30,40H,8,19-21H2,1-7H3,(H2,36,41)(H,37,44)(H,38,42)(H,39,43)/t23?,26-,27+,28-,29+,30+/m1/s1. The van der Waals surface area contributed by atoms with Crippen LogP contribution in [0.1, 0.15) is 72.4 Å². The number of rotatable bonds is 16. The smallest absolute Gasteiger partial charge is 0.407 e. The minimum atomic E-state index is -1.13. The first kappa shape index (κ1) is 37.3. The van der Waals surface area contributed by atoms with Gasteiger partial charge in [0.1, 0.15) is 17.7 Å². The van der Waals surface area contributed by atoms with E-state index >= 15 is 0 Å². The molecule has 0 spiro atoms. The summed E-state index contributed by atoms with van der Waals surface area (Å²) in [6.45, 7) is 12.6. The molecule has 45 heavy (non-hydrogen) atoms. The van der Waals surface area contributed by atoms with Gasteiger partial charge in [0.15, 0.2) is 0 Å². The zero-order valence-electron chi connectivity index (χ0n) is 27.7. The second kappa shape index (κ2) is 17.5. The van der Waals surface area contributed by atoms with Gasteiger partial charge in [0.2, 0.25) is 17.7 Å². The molecule has 10 nitrogen and oxygen atoms in total. The average Bonchev–Trinajstić information content (AvgIpc) is 2.97. The van der Waals surface area contributed by atoms with E-state index in [1.54, 1.807) is 34.6 Å². The van der Waals surface area contributed by atoms with Gasteiger partial charge in [-0.05, 0) is 63.0 Å². The highest BCUT2D eigenvalue weighted by Gasteiger charge is 2.34. The van der Waals surface area contributed by atoms with Gasteiger partial charge in [-0.25, -0.2) is 4.79 Å². The largest absolute Gasteiger partial charge is 0.444 e. The van der Waals surface area contributed by atoms with Crippen LogP contribution >= 0.6 is 0 Å². The Kier molecular flexibility index (Phi) is 14.5. The van der Waals surface area contributed by atoms with Crippen LogP contribution in [0.3, 0.4) is 0 Å². The highest BCUT2D eigenvalue weighted by atomic mass is 16.6. The van der Waals surface area contributed by atoms with Crippen LogP contribution in [0.2, 0.25) is 0 Å². The number of hydrogen-bond acceptors (Lipinski definition) is 6. The van der Waals surface area contributed by atoms with Gasteiger partial charge < -0.3 is 31.5 Å². The minimum Gasteiger partial charge on any atom is -0.444 e. The number of amides is 4. The van der Waals surface area contributed by atoms with Crippen molar-refractivity contribution in [2.75, 3.05) is 0 Å². The number of carbonyl (C=O) groups excluding carboxylic acids is 4. The van der Waals surface area contributed by atoms with Crippen molar-refractivity contribution >= 4 is 23.8 Å². The molecule has 10 heteroatoms. The lowest BCUT2D eigenvalue weighted by molar-refractivity contribution is -0.134. The van der Waals surface area contributed by atoms with E-state index in [2.05, 4.69) is 16.0 Å². The summed E-state index contributed by atoms with van der Waals surface area (Å²) in [5, 5.41) is 20.0. The summed E-state index contributed by atoms with van der Waals surface area (Å²) < 4.78 is 5.46. The van der Waals surface area contributed by atoms with Crippen molar-refractivity contribution < 1.29 is 29.0 Å². The molecule has 0 aliphatic heterocycles. The van der Waals surface area contributed by atoms with Gasteiger partial charge in [-0.3, -0.25) is 14.4 Å². The molecule has 0 saturated carbocycles. The number of benzene rings is 2. The van der Waals surface area contributed by atoms with Crippen LogP contribution in [-0.4, -0.2) is 58.8 Å². The first-order valence-electron chi connectivity index (χ1n) is 15.8. The predicted molar refractivity (Wildman–Crippen MR) is 175 cm³/mol. The Balaban J connectivity index is 2.34. The predicted octanol–water partition coefficient (Wildman–Crippen LogP) is 3.89. The summed E-state index contributed by atoms with van der Waals surface area (Å²) in [5.41, 5.74) is 6.60. The van der Waals surface area contributed by atoms with Crippen LogP contribution in [0.25, 0.3) is 0 Å². The van der Waals surface area contributed by atoms with Gasteiger partial charge in [-0.1, -0.05) is 94.8 Å². The van der Waals surface area contributed by atoms with Gasteiger partial charge in [0.05, 0.1) is 12.1 Å². The maximum Gasteiger partial charge on any atom is 0.407 e. The fraction of sp³-hybridized carbons (Fsp3) is 0.543. The van der Waals surface area contributed by atoms with Gasteiger partial charge in [-0.2, -0.15) is 0 Å². The third kappa shape index (κ3) is 12.9. The van der Waals surface area contributed by atoms with Crippen LogP contribution in [0.4, 0.5) is 4.79 Å². The van der Waals surface area contributed by atoms with E-state index in [0.29, 0.717) is 12.8 Å². The maximum atomic E-state index is 13.9. The average molecular weight is 625 g/mol. The lowest BCUT2D eigenvalue weighted by Crippen LogP contribution is -2.57. The van der Waals surface area contributed by atoms with Gasteiger partial charge in [0, 0.05) is 5.92 Å². The number of primary amides is 1. The first-order valence-corrected chi connectivity index (χ1v) is 15.8. The zero-order valence-corrected chi connectivity index (χ0v) is 27.7. The molecule has 2 rings (SSSR count). The molecule has 0 bridgehead atoms. The SMILES string of the molecule is CCC(C)[C@H](NC(=O)[C@@H](NC(=O)[C@H](Cc1ccccc1)C[C@@H](O)[C@H](Cc1ccccc1)NC(=O)OC(C)(C)C)C(C)C)C(N)=O. The molecular weight excluding hydrogens is 572 g/mol. The van der Waals surface area contributed by atoms with E-state index in [-0.39, 0.29) is 24.7 Å². The lowest BCUT2D eigenvalue weighted by Gasteiger charge is -2.30. The Bertz CT molecular complexity index is 1230. The minimum absolute atomic E-state index is 0.00274. The van der Waals surface area contributed by atoms with E-state index in [4.69, 9.17) is 10.5 Å². The third-order valence-electron chi connectivity index (χ3n) is 7.75. The van der Waals surface area contributed by atoms with Gasteiger partial charge in [-0.15, -0.1) is 0 Å². The molecule has 0 aliphatic carbocycles. The molecule has 6 N–H and O–H groups in total. The maximum absolute atomic E-state index is 13.9. The Labute approximate surface area is 267 Å². The highest BCUT2D eigenvalue weighted by Crippen LogP contribution is 2.20. The molecule has 1 unspecified atom stereocenters. The molecule has 0 radical (unpaired) electrons. The van der Waals surface area contributed by atoms with Crippen molar-refractivity contribution in [1.29, 1.82) is 0 Å². The Morgan fingerprint density at radius 2 is 1.31 bits per heavy atom. The summed E-state index contributed by atoms with van der Waals surface area (Å²) in [7, 11) is 0. The molecule has 0 fully saturated rings. The van der Waals surface area contributed by atoms with Crippen LogP contribution < -0.4 is 21.7 Å². The number of nitrogens with one attached hydrogen (secondary N) is 3. The van der Waals surface area contributed by atoms with Crippen molar-refractivity contribution in [2.45, 2.75) is 104 Å². The number of aliphatic hydroxyl groups is 1. The number of hydrogen-bond donors (Lipinski definition) is 5. The van der Waals surface area contributed by atoms with Crippen LogP contribution in [-0.2, 0) is 32.0 Å². The summed E-state index contributed by atoms with van der Waals surface area (Å²) in [4.78, 5) is 52.1. The van der Waals surface area contributed by atoms with Gasteiger partial charge >= 0.3 is 6.09 Å². The number of nitrogens with two attached hydrogens (primary N) is 1. The fourth-order valence-electron chi connectivity index (χ4n) is 5.03. The molecule has 4 amide bonds. The van der Waals surface area contributed by atoms with E-state index in [9.17, 15) is 24.3 Å². The Morgan fingerprint density at radius 3 is 1.78 bits per heavy atom. The second-order valence-corrected chi connectivity index (χ2v) is 13.1. The van der Waals surface area contributed by atoms with Crippen molar-refractivity contribution in [2.24, 2.45) is 23.5 Å². The second-order valence-electron chi connectivity index (χ2n) is 13.1. The molecule has 248 valence electrons. The number of ether oxygens (including phenoxy) is 1. The van der Waals surface area contributed by atoms with Crippen molar-refractivity contribution in [3.8, 4) is 0 Å². The van der Waals surface area contributed by atoms with Crippen LogP contribution in [0.5, 0.6) is 0 Å². The molecule has 6 atom stereocenters. The molecule has 0 heterocycles. The van der Waals surface area contributed by atoms with Gasteiger partial charge in [0.25, 0.3) is 0 Å². The molecule has 2 aromatic rings. The van der Waals surface area contributed by atoms with E-state index < -0.39 is 59.6 Å². The number of alkyl carbamates (subject to hydrolysis) is 1. The summed E-state index contributed by atoms with van der Waals surface area (Å²) >= 11 is 0.